The lowest BCUT2D eigenvalue weighted by Gasteiger charge is -2.19. The minimum atomic E-state index is -3.22. The molecule has 0 aromatic carbocycles. The number of aryl methyl sites for hydroxylation is 2. The van der Waals surface area contributed by atoms with E-state index >= 15 is 0 Å². The molecule has 130 valence electrons. The average molecular weight is 342 g/mol. The van der Waals surface area contributed by atoms with E-state index in [9.17, 15) is 13.2 Å². The van der Waals surface area contributed by atoms with Crippen molar-refractivity contribution in [3.8, 4) is 0 Å². The lowest BCUT2D eigenvalue weighted by molar-refractivity contribution is -0.121. The molecule has 1 saturated heterocycles. The minimum absolute atomic E-state index is 0.0842. The summed E-state index contributed by atoms with van der Waals surface area (Å²) in [5.41, 5.74) is 2.63. The van der Waals surface area contributed by atoms with Crippen LogP contribution in [0.2, 0.25) is 0 Å². The van der Waals surface area contributed by atoms with Crippen LogP contribution >= 0.6 is 0 Å². The van der Waals surface area contributed by atoms with E-state index in [4.69, 9.17) is 0 Å². The van der Waals surface area contributed by atoms with E-state index in [1.54, 1.807) is 0 Å². The highest BCUT2D eigenvalue weighted by molar-refractivity contribution is 7.88. The van der Waals surface area contributed by atoms with Gasteiger partial charge < -0.3 is 5.32 Å². The molecule has 1 aromatic rings. The molecular formula is C15H26N4O3S. The van der Waals surface area contributed by atoms with Gasteiger partial charge in [0.05, 0.1) is 18.4 Å². The Labute approximate surface area is 137 Å². The molecule has 0 radical (unpaired) electrons. The van der Waals surface area contributed by atoms with E-state index in [0.29, 0.717) is 13.1 Å². The smallest absolute Gasteiger partial charge is 0.224 e. The Balaban J connectivity index is 2.03. The maximum Gasteiger partial charge on any atom is 0.224 e. The van der Waals surface area contributed by atoms with E-state index in [1.807, 2.05) is 13.8 Å². The molecule has 0 bridgehead atoms. The molecule has 0 aliphatic carbocycles. The number of H-pyrrole nitrogens is 1. The number of rotatable bonds is 6. The summed E-state index contributed by atoms with van der Waals surface area (Å²) in [6, 6.07) is -0.121. The first-order chi connectivity index (χ1) is 10.7. The number of hydrogen-bond donors (Lipinski definition) is 2. The Morgan fingerprint density at radius 3 is 2.61 bits per heavy atom. The molecular weight excluding hydrogens is 316 g/mol. The maximum absolute atomic E-state index is 12.4. The Morgan fingerprint density at radius 1 is 1.39 bits per heavy atom. The van der Waals surface area contributed by atoms with Crippen LogP contribution < -0.4 is 5.32 Å². The number of carbonyl (C=O) groups is 1. The van der Waals surface area contributed by atoms with Gasteiger partial charge in [-0.05, 0) is 26.2 Å². The van der Waals surface area contributed by atoms with Crippen molar-refractivity contribution in [2.75, 3.05) is 19.3 Å². The zero-order valence-corrected chi connectivity index (χ0v) is 15.0. The fourth-order valence-electron chi connectivity index (χ4n) is 3.18. The van der Waals surface area contributed by atoms with Crippen molar-refractivity contribution in [2.24, 2.45) is 5.92 Å². The van der Waals surface area contributed by atoms with Crippen molar-refractivity contribution in [1.82, 2.24) is 19.8 Å². The molecule has 0 spiro atoms. The average Bonchev–Trinajstić information content (AvgIpc) is 2.98. The Kier molecular flexibility index (Phi) is 5.46. The molecule has 1 fully saturated rings. The van der Waals surface area contributed by atoms with Crippen LogP contribution in [-0.2, 0) is 21.2 Å². The van der Waals surface area contributed by atoms with Crippen molar-refractivity contribution in [1.29, 1.82) is 0 Å². The van der Waals surface area contributed by atoms with Gasteiger partial charge in [0.15, 0.2) is 0 Å². The van der Waals surface area contributed by atoms with Crippen LogP contribution in [0.15, 0.2) is 0 Å². The van der Waals surface area contributed by atoms with Gasteiger partial charge in [0.1, 0.15) is 0 Å². The molecule has 1 aromatic heterocycles. The van der Waals surface area contributed by atoms with E-state index in [0.717, 1.165) is 29.8 Å². The summed E-state index contributed by atoms with van der Waals surface area (Å²) in [4.78, 5) is 12.4. The van der Waals surface area contributed by atoms with Gasteiger partial charge in [-0.3, -0.25) is 9.89 Å². The predicted octanol–water partition coefficient (Wildman–Crippen LogP) is 0.745. The van der Waals surface area contributed by atoms with Crippen molar-refractivity contribution in [3.05, 3.63) is 17.0 Å². The number of carbonyl (C=O) groups excluding carboxylic acids is 1. The summed E-state index contributed by atoms with van der Waals surface area (Å²) >= 11 is 0. The van der Waals surface area contributed by atoms with Gasteiger partial charge in [0.25, 0.3) is 0 Å². The van der Waals surface area contributed by atoms with Crippen molar-refractivity contribution in [2.45, 2.75) is 46.1 Å². The summed E-state index contributed by atoms with van der Waals surface area (Å²) in [6.45, 7) is 6.68. The molecule has 2 heterocycles. The van der Waals surface area contributed by atoms with Crippen molar-refractivity contribution < 1.29 is 13.2 Å². The highest BCUT2D eigenvalue weighted by Crippen LogP contribution is 2.24. The monoisotopic (exact) mass is 342 g/mol. The second-order valence-electron chi connectivity index (χ2n) is 6.39. The maximum atomic E-state index is 12.4. The highest BCUT2D eigenvalue weighted by Gasteiger charge is 2.37. The fourth-order valence-corrected chi connectivity index (χ4v) is 4.08. The minimum Gasteiger partial charge on any atom is -0.351 e. The third-order valence-electron chi connectivity index (χ3n) is 4.50. The van der Waals surface area contributed by atoms with Crippen LogP contribution in [0.25, 0.3) is 0 Å². The van der Waals surface area contributed by atoms with E-state index in [1.165, 1.54) is 10.6 Å². The van der Waals surface area contributed by atoms with E-state index in [2.05, 4.69) is 22.4 Å². The number of amides is 1. The van der Waals surface area contributed by atoms with Crippen LogP contribution in [0.3, 0.4) is 0 Å². The third kappa shape index (κ3) is 4.32. The molecule has 1 aliphatic heterocycles. The first kappa shape index (κ1) is 17.9. The second kappa shape index (κ2) is 7.00. The lowest BCUT2D eigenvalue weighted by atomic mass is 9.98. The zero-order chi connectivity index (χ0) is 17.2. The number of aromatic nitrogens is 2. The van der Waals surface area contributed by atoms with Crippen LogP contribution in [0.1, 0.15) is 36.7 Å². The molecule has 7 nitrogen and oxygen atoms in total. The summed E-state index contributed by atoms with van der Waals surface area (Å²) in [7, 11) is -3.22. The summed E-state index contributed by atoms with van der Waals surface area (Å²) in [5, 5.41) is 9.99. The van der Waals surface area contributed by atoms with E-state index < -0.39 is 10.0 Å². The van der Waals surface area contributed by atoms with Gasteiger partial charge in [-0.15, -0.1) is 0 Å². The first-order valence-electron chi connectivity index (χ1n) is 7.97. The highest BCUT2D eigenvalue weighted by atomic mass is 32.2. The molecule has 23 heavy (non-hydrogen) atoms. The molecule has 8 heteroatoms. The normalized spacial score (nSPS) is 22.4. The first-order valence-corrected chi connectivity index (χ1v) is 9.82. The molecule has 2 rings (SSSR count). The topological polar surface area (TPSA) is 95.2 Å². The van der Waals surface area contributed by atoms with E-state index in [-0.39, 0.29) is 24.3 Å². The number of nitrogens with zero attached hydrogens (tertiary/aromatic N) is 2. The van der Waals surface area contributed by atoms with Crippen LogP contribution in [-0.4, -0.2) is 54.2 Å². The SMILES string of the molecule is CCC[C@@H]1CN(S(C)(=O)=O)C[C@H]1NC(=O)Cc1c(C)n[nH]c1C. The number of nitrogens with one attached hydrogen (secondary N) is 2. The Bertz CT molecular complexity index is 649. The molecule has 0 saturated carbocycles. The van der Waals surface area contributed by atoms with Gasteiger partial charge >= 0.3 is 0 Å². The molecule has 1 aliphatic rings. The van der Waals surface area contributed by atoms with Gasteiger partial charge in [0, 0.05) is 30.4 Å². The molecule has 2 N–H and O–H groups in total. The largest absolute Gasteiger partial charge is 0.351 e. The summed E-state index contributed by atoms with van der Waals surface area (Å²) < 4.78 is 25.0. The number of sulfonamides is 1. The van der Waals surface area contributed by atoms with Crippen LogP contribution in [0.4, 0.5) is 0 Å². The zero-order valence-electron chi connectivity index (χ0n) is 14.2. The van der Waals surface area contributed by atoms with Crippen molar-refractivity contribution >= 4 is 15.9 Å². The standard InChI is InChI=1S/C15H26N4O3S/c1-5-6-12-8-19(23(4,21)22)9-14(12)16-15(20)7-13-10(2)17-18-11(13)3/h12,14H,5-9H2,1-4H3,(H,16,20)(H,17,18)/t12-,14-/m1/s1. The van der Waals surface area contributed by atoms with Gasteiger partial charge in [0.2, 0.25) is 15.9 Å². The molecule has 2 atom stereocenters. The second-order valence-corrected chi connectivity index (χ2v) is 8.37. The fraction of sp³-hybridized carbons (Fsp3) is 0.733. The summed E-state index contributed by atoms with van der Waals surface area (Å²) in [5.74, 6) is 0.0873. The van der Waals surface area contributed by atoms with Crippen LogP contribution in [0.5, 0.6) is 0 Å². The third-order valence-corrected chi connectivity index (χ3v) is 5.74. The van der Waals surface area contributed by atoms with Crippen molar-refractivity contribution in [3.63, 3.8) is 0 Å². The van der Waals surface area contributed by atoms with Gasteiger partial charge in [-0.25, -0.2) is 8.42 Å². The Morgan fingerprint density at radius 2 is 2.09 bits per heavy atom. The van der Waals surface area contributed by atoms with Gasteiger partial charge in [-0.1, -0.05) is 13.3 Å². The predicted molar refractivity (Wildman–Crippen MR) is 88.5 cm³/mol. The molecule has 0 unspecified atom stereocenters. The quantitative estimate of drug-likeness (QED) is 0.797. The lowest BCUT2D eigenvalue weighted by Crippen LogP contribution is -2.41. The number of hydrogen-bond acceptors (Lipinski definition) is 4. The number of aromatic amines is 1. The van der Waals surface area contributed by atoms with Gasteiger partial charge in [-0.2, -0.15) is 9.40 Å². The summed E-state index contributed by atoms with van der Waals surface area (Å²) in [6.07, 6.45) is 3.36. The molecule has 1 amide bonds. The Hall–Kier alpha value is -1.41. The van der Waals surface area contributed by atoms with Crippen LogP contribution in [0, 0.1) is 19.8 Å².